The lowest BCUT2D eigenvalue weighted by Crippen LogP contribution is -2.48. The van der Waals surface area contributed by atoms with Gasteiger partial charge < -0.3 is 14.2 Å². The van der Waals surface area contributed by atoms with Crippen LogP contribution in [-0.4, -0.2) is 42.0 Å². The van der Waals surface area contributed by atoms with Crippen LogP contribution in [0.1, 0.15) is 20.8 Å². The zero-order valence-electron chi connectivity index (χ0n) is 10.4. The average Bonchev–Trinajstić information content (AvgIpc) is 2.20. The van der Waals surface area contributed by atoms with Crippen molar-refractivity contribution < 1.29 is 28.6 Å². The summed E-state index contributed by atoms with van der Waals surface area (Å²) in [7, 11) is 0. The fraction of sp³-hybridized carbons (Fsp3) is 0.636. The zero-order chi connectivity index (χ0) is 13.7. The zero-order valence-corrected chi connectivity index (χ0v) is 11.2. The van der Waals surface area contributed by atoms with Gasteiger partial charge in [0.05, 0.1) is 5.75 Å². The maximum atomic E-state index is 11.1. The Bertz CT molecular complexity index is 318. The molecule has 0 N–H and O–H groups in total. The van der Waals surface area contributed by atoms with E-state index in [2.05, 4.69) is 0 Å². The Morgan fingerprint density at radius 2 is 1.56 bits per heavy atom. The molecule has 1 rings (SSSR count). The fourth-order valence-corrected chi connectivity index (χ4v) is 2.52. The van der Waals surface area contributed by atoms with E-state index in [-0.39, 0.29) is 0 Å². The summed E-state index contributed by atoms with van der Waals surface area (Å²) in [4.78, 5) is 33.0. The number of ether oxygens (including phenoxy) is 3. The van der Waals surface area contributed by atoms with Gasteiger partial charge in [-0.2, -0.15) is 0 Å². The molecule has 0 aromatic rings. The number of carbonyl (C=O) groups is 3. The number of hydrogen-bond donors (Lipinski definition) is 0. The molecule has 1 fully saturated rings. The fourth-order valence-electron chi connectivity index (χ4n) is 1.56. The second-order valence-corrected chi connectivity index (χ2v) is 4.70. The number of hydrogen-bond acceptors (Lipinski definition) is 7. The number of esters is 3. The van der Waals surface area contributed by atoms with Gasteiger partial charge in [0, 0.05) is 26.5 Å². The van der Waals surface area contributed by atoms with Crippen LogP contribution >= 0.6 is 11.8 Å². The van der Waals surface area contributed by atoms with E-state index in [4.69, 9.17) is 14.2 Å². The Hall–Kier alpha value is -1.24. The molecule has 0 amide bonds. The first-order valence-corrected chi connectivity index (χ1v) is 6.41. The molecule has 0 spiro atoms. The molecule has 7 heteroatoms. The first-order chi connectivity index (χ1) is 8.40. The van der Waals surface area contributed by atoms with Gasteiger partial charge in [0.15, 0.2) is 18.3 Å². The molecular weight excluding hydrogens is 260 g/mol. The van der Waals surface area contributed by atoms with E-state index in [1.165, 1.54) is 32.5 Å². The number of rotatable bonds is 3. The van der Waals surface area contributed by atoms with E-state index < -0.39 is 36.2 Å². The summed E-state index contributed by atoms with van der Waals surface area (Å²) in [6, 6.07) is 0. The van der Waals surface area contributed by atoms with E-state index in [0.29, 0.717) is 5.75 Å². The van der Waals surface area contributed by atoms with E-state index >= 15 is 0 Å². The van der Waals surface area contributed by atoms with Crippen molar-refractivity contribution >= 4 is 29.7 Å². The highest BCUT2D eigenvalue weighted by Gasteiger charge is 2.40. The van der Waals surface area contributed by atoms with Crippen molar-refractivity contribution in [2.75, 3.05) is 5.75 Å². The Labute approximate surface area is 109 Å². The number of carbonyl (C=O) groups excluding carboxylic acids is 3. The van der Waals surface area contributed by atoms with Crippen LogP contribution in [-0.2, 0) is 28.6 Å². The van der Waals surface area contributed by atoms with Crippen molar-refractivity contribution in [3.8, 4) is 0 Å². The molecule has 0 aromatic carbocycles. The van der Waals surface area contributed by atoms with Gasteiger partial charge in [-0.05, 0) is 0 Å². The van der Waals surface area contributed by atoms with Gasteiger partial charge in [0.25, 0.3) is 0 Å². The van der Waals surface area contributed by atoms with Crippen molar-refractivity contribution in [2.24, 2.45) is 0 Å². The SMILES string of the molecule is CC(=O)O[C@@H]1[C@@H](OC(C)=O)[CH]SC[C@H]1OC(C)=O. The molecule has 0 unspecified atom stereocenters. The summed E-state index contributed by atoms with van der Waals surface area (Å²) in [6.45, 7) is 3.78. The third kappa shape index (κ3) is 4.56. The summed E-state index contributed by atoms with van der Waals surface area (Å²) in [5, 5.41) is 0. The maximum Gasteiger partial charge on any atom is 0.303 e. The molecule has 0 aliphatic carbocycles. The molecule has 0 aromatic heterocycles. The Morgan fingerprint density at radius 1 is 1.00 bits per heavy atom. The molecule has 1 saturated heterocycles. The molecule has 1 heterocycles. The topological polar surface area (TPSA) is 78.9 Å². The molecule has 18 heavy (non-hydrogen) atoms. The van der Waals surface area contributed by atoms with E-state index in [0.717, 1.165) is 0 Å². The minimum atomic E-state index is -0.795. The summed E-state index contributed by atoms with van der Waals surface area (Å²) < 4.78 is 15.2. The second-order valence-electron chi connectivity index (χ2n) is 3.77. The molecule has 1 aliphatic rings. The lowest BCUT2D eigenvalue weighted by atomic mass is 10.1. The number of thioether (sulfide) groups is 1. The normalized spacial score (nSPS) is 27.2. The van der Waals surface area contributed by atoms with Crippen LogP contribution in [0.5, 0.6) is 0 Å². The third-order valence-corrected chi connectivity index (χ3v) is 3.08. The highest BCUT2D eigenvalue weighted by molar-refractivity contribution is 8.01. The highest BCUT2D eigenvalue weighted by atomic mass is 32.2. The Kier molecular flexibility index (Phi) is 5.46. The van der Waals surface area contributed by atoms with Gasteiger partial charge in [-0.15, -0.1) is 11.8 Å². The smallest absolute Gasteiger partial charge is 0.303 e. The van der Waals surface area contributed by atoms with Crippen LogP contribution in [0.15, 0.2) is 0 Å². The van der Waals surface area contributed by atoms with Crippen molar-refractivity contribution in [1.29, 1.82) is 0 Å². The van der Waals surface area contributed by atoms with Gasteiger partial charge in [0.1, 0.15) is 0 Å². The Morgan fingerprint density at radius 3 is 2.06 bits per heavy atom. The van der Waals surface area contributed by atoms with E-state index in [1.807, 2.05) is 0 Å². The molecule has 0 saturated carbocycles. The molecule has 101 valence electrons. The predicted molar refractivity (Wildman–Crippen MR) is 63.4 cm³/mol. The van der Waals surface area contributed by atoms with Gasteiger partial charge in [-0.25, -0.2) is 0 Å². The van der Waals surface area contributed by atoms with Crippen molar-refractivity contribution in [2.45, 2.75) is 39.1 Å². The Balaban J connectivity index is 2.78. The first kappa shape index (κ1) is 14.8. The molecule has 1 radical (unpaired) electrons. The highest BCUT2D eigenvalue weighted by Crippen LogP contribution is 2.29. The van der Waals surface area contributed by atoms with Crippen molar-refractivity contribution in [1.82, 2.24) is 0 Å². The lowest BCUT2D eigenvalue weighted by molar-refractivity contribution is -0.178. The first-order valence-electron chi connectivity index (χ1n) is 5.36. The van der Waals surface area contributed by atoms with E-state index in [1.54, 1.807) is 5.75 Å². The summed E-state index contributed by atoms with van der Waals surface area (Å²) in [5.41, 5.74) is 0. The van der Waals surface area contributed by atoms with Crippen LogP contribution in [0.25, 0.3) is 0 Å². The summed E-state index contributed by atoms with van der Waals surface area (Å²) in [5.74, 6) is 0.637. The standard InChI is InChI=1S/C11H15O6S/c1-6(12)15-9-4-18-5-10(16-7(2)13)11(9)17-8(3)14/h4,9-11H,5H2,1-3H3/t9-,10+,11+/m0/s1. The quantitative estimate of drug-likeness (QED) is 0.554. The maximum absolute atomic E-state index is 11.1. The minimum Gasteiger partial charge on any atom is -0.458 e. The molecular formula is C11H15O6S. The lowest BCUT2D eigenvalue weighted by Gasteiger charge is -2.35. The van der Waals surface area contributed by atoms with Gasteiger partial charge >= 0.3 is 17.9 Å². The second kappa shape index (κ2) is 6.63. The van der Waals surface area contributed by atoms with Gasteiger partial charge in [-0.1, -0.05) is 0 Å². The average molecular weight is 275 g/mol. The van der Waals surface area contributed by atoms with Crippen LogP contribution in [0.3, 0.4) is 0 Å². The molecule has 3 atom stereocenters. The van der Waals surface area contributed by atoms with Crippen LogP contribution in [0, 0.1) is 5.75 Å². The van der Waals surface area contributed by atoms with Crippen LogP contribution in [0.2, 0.25) is 0 Å². The monoisotopic (exact) mass is 275 g/mol. The van der Waals surface area contributed by atoms with E-state index in [9.17, 15) is 14.4 Å². The van der Waals surface area contributed by atoms with Crippen LogP contribution < -0.4 is 0 Å². The predicted octanol–water partition coefficient (Wildman–Crippen LogP) is 0.690. The molecule has 1 aliphatic heterocycles. The largest absolute Gasteiger partial charge is 0.458 e. The summed E-state index contributed by atoms with van der Waals surface area (Å²) in [6.07, 6.45) is -2.13. The minimum absolute atomic E-state index is 0.454. The van der Waals surface area contributed by atoms with Gasteiger partial charge in [-0.3, -0.25) is 14.4 Å². The van der Waals surface area contributed by atoms with Crippen LogP contribution in [0.4, 0.5) is 0 Å². The summed E-state index contributed by atoms with van der Waals surface area (Å²) >= 11 is 1.36. The third-order valence-electron chi connectivity index (χ3n) is 2.10. The molecule has 0 bridgehead atoms. The van der Waals surface area contributed by atoms with Crippen molar-refractivity contribution in [3.05, 3.63) is 5.75 Å². The molecule has 6 nitrogen and oxygen atoms in total. The van der Waals surface area contributed by atoms with Gasteiger partial charge in [0.2, 0.25) is 0 Å². The van der Waals surface area contributed by atoms with Crippen molar-refractivity contribution in [3.63, 3.8) is 0 Å².